The van der Waals surface area contributed by atoms with Crippen molar-refractivity contribution in [3.63, 3.8) is 0 Å². The third kappa shape index (κ3) is 3.97. The van der Waals surface area contributed by atoms with Crippen molar-refractivity contribution in [3.05, 3.63) is 0 Å². The zero-order valence-electron chi connectivity index (χ0n) is 13.3. The van der Waals surface area contributed by atoms with Crippen molar-refractivity contribution >= 4 is 5.97 Å². The van der Waals surface area contributed by atoms with Crippen LogP contribution in [0.5, 0.6) is 0 Å². The van der Waals surface area contributed by atoms with Crippen molar-refractivity contribution in [2.75, 3.05) is 0 Å². The van der Waals surface area contributed by atoms with Crippen LogP contribution in [-0.2, 0) is 14.3 Å². The number of esters is 1. The summed E-state index contributed by atoms with van der Waals surface area (Å²) < 4.78 is 11.7. The third-order valence-electron chi connectivity index (χ3n) is 5.06. The summed E-state index contributed by atoms with van der Waals surface area (Å²) in [4.78, 5) is 12.0. The van der Waals surface area contributed by atoms with Gasteiger partial charge in [0.15, 0.2) is 0 Å². The minimum Gasteiger partial charge on any atom is -0.459 e. The van der Waals surface area contributed by atoms with Gasteiger partial charge < -0.3 is 9.47 Å². The van der Waals surface area contributed by atoms with Crippen LogP contribution in [0.15, 0.2) is 0 Å². The highest BCUT2D eigenvalue weighted by Crippen LogP contribution is 2.35. The summed E-state index contributed by atoms with van der Waals surface area (Å²) in [5.74, 6) is 0.526. The summed E-state index contributed by atoms with van der Waals surface area (Å²) in [7, 11) is 0. The molecule has 0 amide bonds. The van der Waals surface area contributed by atoms with Gasteiger partial charge in [-0.3, -0.25) is 4.79 Å². The van der Waals surface area contributed by atoms with Gasteiger partial charge in [0, 0.05) is 6.42 Å². The van der Waals surface area contributed by atoms with Crippen LogP contribution in [0, 0.1) is 5.92 Å². The molecule has 2 fully saturated rings. The summed E-state index contributed by atoms with van der Waals surface area (Å²) in [5.41, 5.74) is -0.181. The quantitative estimate of drug-likeness (QED) is 0.684. The molecule has 3 heteroatoms. The Labute approximate surface area is 123 Å². The topological polar surface area (TPSA) is 35.5 Å². The van der Waals surface area contributed by atoms with Gasteiger partial charge >= 0.3 is 5.97 Å². The summed E-state index contributed by atoms with van der Waals surface area (Å²) in [5, 5.41) is 0. The fraction of sp³-hybridized carbons (Fsp3) is 0.941. The van der Waals surface area contributed by atoms with Crippen molar-refractivity contribution in [1.82, 2.24) is 0 Å². The summed E-state index contributed by atoms with van der Waals surface area (Å²) in [6.07, 6.45) is 9.89. The van der Waals surface area contributed by atoms with Crippen LogP contribution in [0.1, 0.15) is 78.6 Å². The van der Waals surface area contributed by atoms with Gasteiger partial charge in [0.1, 0.15) is 5.60 Å². The molecular weight excluding hydrogens is 252 g/mol. The van der Waals surface area contributed by atoms with Crippen LogP contribution in [0.25, 0.3) is 0 Å². The van der Waals surface area contributed by atoms with Crippen LogP contribution in [0.3, 0.4) is 0 Å². The van der Waals surface area contributed by atoms with E-state index in [1.54, 1.807) is 0 Å². The minimum absolute atomic E-state index is 0.01000. The molecule has 1 saturated heterocycles. The molecule has 116 valence electrons. The Kier molecular flexibility index (Phi) is 5.48. The number of carbonyl (C=O) groups excluding carboxylic acids is 1. The maximum absolute atomic E-state index is 12.0. The molecular formula is C17H30O3. The second-order valence-corrected chi connectivity index (χ2v) is 6.78. The Morgan fingerprint density at radius 3 is 2.55 bits per heavy atom. The maximum Gasteiger partial charge on any atom is 0.306 e. The molecule has 0 N–H and O–H groups in total. The Morgan fingerprint density at radius 2 is 1.95 bits per heavy atom. The van der Waals surface area contributed by atoms with E-state index in [2.05, 4.69) is 20.8 Å². The molecule has 0 radical (unpaired) electrons. The maximum atomic E-state index is 12.0. The standard InChI is InChI=1S/C17H30O3/c1-4-14-12-13(15(5-2)19-14)8-9-16(18)20-17(3)10-6-7-11-17/h13-15H,4-12H2,1-3H3. The molecule has 0 aromatic rings. The average Bonchev–Trinajstić information content (AvgIpc) is 3.02. The molecule has 0 spiro atoms. The van der Waals surface area contributed by atoms with E-state index in [0.29, 0.717) is 24.5 Å². The van der Waals surface area contributed by atoms with Gasteiger partial charge in [-0.15, -0.1) is 0 Å². The first-order valence-corrected chi connectivity index (χ1v) is 8.43. The van der Waals surface area contributed by atoms with E-state index in [1.165, 1.54) is 12.8 Å². The Balaban J connectivity index is 1.75. The second kappa shape index (κ2) is 6.93. The predicted molar refractivity (Wildman–Crippen MR) is 79.5 cm³/mol. The third-order valence-corrected chi connectivity index (χ3v) is 5.06. The SMILES string of the molecule is CCC1CC(CCC(=O)OC2(C)CCCC2)C(CC)O1. The minimum atomic E-state index is -0.181. The smallest absolute Gasteiger partial charge is 0.306 e. The molecule has 1 heterocycles. The largest absolute Gasteiger partial charge is 0.459 e. The number of rotatable bonds is 6. The lowest BCUT2D eigenvalue weighted by atomic mass is 9.92. The molecule has 2 rings (SSSR count). The van der Waals surface area contributed by atoms with Crippen molar-refractivity contribution < 1.29 is 14.3 Å². The van der Waals surface area contributed by atoms with Crippen LogP contribution >= 0.6 is 0 Å². The molecule has 3 atom stereocenters. The van der Waals surface area contributed by atoms with Gasteiger partial charge in [0.2, 0.25) is 0 Å². The Bertz CT molecular complexity index is 320. The number of hydrogen-bond acceptors (Lipinski definition) is 3. The van der Waals surface area contributed by atoms with Crippen LogP contribution < -0.4 is 0 Å². The van der Waals surface area contributed by atoms with Gasteiger partial charge in [-0.2, -0.15) is 0 Å². The summed E-state index contributed by atoms with van der Waals surface area (Å²) >= 11 is 0. The highest BCUT2D eigenvalue weighted by molar-refractivity contribution is 5.69. The lowest BCUT2D eigenvalue weighted by Crippen LogP contribution is -2.28. The van der Waals surface area contributed by atoms with Crippen LogP contribution in [0.4, 0.5) is 0 Å². The van der Waals surface area contributed by atoms with Gasteiger partial charge in [0.25, 0.3) is 0 Å². The lowest BCUT2D eigenvalue weighted by molar-refractivity contribution is -0.157. The predicted octanol–water partition coefficient (Wildman–Crippen LogP) is 4.24. The molecule has 1 aliphatic carbocycles. The first kappa shape index (κ1) is 15.8. The van der Waals surface area contributed by atoms with E-state index in [0.717, 1.165) is 38.5 Å². The molecule has 0 aromatic carbocycles. The summed E-state index contributed by atoms with van der Waals surface area (Å²) in [6.45, 7) is 6.43. The van der Waals surface area contributed by atoms with Crippen LogP contribution in [0.2, 0.25) is 0 Å². The van der Waals surface area contributed by atoms with E-state index in [-0.39, 0.29) is 11.6 Å². The Hall–Kier alpha value is -0.570. The zero-order chi connectivity index (χ0) is 14.6. The number of ether oxygens (including phenoxy) is 2. The van der Waals surface area contributed by atoms with Crippen molar-refractivity contribution in [2.45, 2.75) is 96.4 Å². The van der Waals surface area contributed by atoms with Crippen molar-refractivity contribution in [2.24, 2.45) is 5.92 Å². The van der Waals surface area contributed by atoms with Gasteiger partial charge in [0.05, 0.1) is 12.2 Å². The molecule has 2 aliphatic rings. The Morgan fingerprint density at radius 1 is 1.25 bits per heavy atom. The van der Waals surface area contributed by atoms with Crippen molar-refractivity contribution in [1.29, 1.82) is 0 Å². The molecule has 3 unspecified atom stereocenters. The molecule has 20 heavy (non-hydrogen) atoms. The highest BCUT2D eigenvalue weighted by Gasteiger charge is 2.35. The first-order valence-electron chi connectivity index (χ1n) is 8.43. The second-order valence-electron chi connectivity index (χ2n) is 6.78. The van der Waals surface area contributed by atoms with E-state index in [1.807, 2.05) is 0 Å². The lowest BCUT2D eigenvalue weighted by Gasteiger charge is -2.24. The van der Waals surface area contributed by atoms with E-state index >= 15 is 0 Å². The normalized spacial score (nSPS) is 32.5. The average molecular weight is 282 g/mol. The fourth-order valence-electron chi connectivity index (χ4n) is 3.75. The van der Waals surface area contributed by atoms with Gasteiger partial charge in [-0.1, -0.05) is 13.8 Å². The van der Waals surface area contributed by atoms with E-state index < -0.39 is 0 Å². The summed E-state index contributed by atoms with van der Waals surface area (Å²) in [6, 6.07) is 0. The molecule has 1 aliphatic heterocycles. The molecule has 3 nitrogen and oxygen atoms in total. The highest BCUT2D eigenvalue weighted by atomic mass is 16.6. The zero-order valence-corrected chi connectivity index (χ0v) is 13.3. The molecule has 1 saturated carbocycles. The number of hydrogen-bond donors (Lipinski definition) is 0. The van der Waals surface area contributed by atoms with Gasteiger partial charge in [-0.05, 0) is 64.2 Å². The fourth-order valence-corrected chi connectivity index (χ4v) is 3.75. The van der Waals surface area contributed by atoms with Crippen molar-refractivity contribution in [3.8, 4) is 0 Å². The molecule has 0 bridgehead atoms. The monoisotopic (exact) mass is 282 g/mol. The van der Waals surface area contributed by atoms with E-state index in [9.17, 15) is 4.79 Å². The van der Waals surface area contributed by atoms with Crippen LogP contribution in [-0.4, -0.2) is 23.8 Å². The van der Waals surface area contributed by atoms with E-state index in [4.69, 9.17) is 9.47 Å². The molecule has 0 aromatic heterocycles. The first-order chi connectivity index (χ1) is 9.56. The number of carbonyl (C=O) groups is 1. The van der Waals surface area contributed by atoms with Gasteiger partial charge in [-0.25, -0.2) is 0 Å².